The van der Waals surface area contributed by atoms with E-state index in [-0.39, 0.29) is 6.42 Å². The zero-order chi connectivity index (χ0) is 12.2. The summed E-state index contributed by atoms with van der Waals surface area (Å²) < 4.78 is 37.7. The van der Waals surface area contributed by atoms with E-state index in [0.29, 0.717) is 5.56 Å². The fourth-order valence-corrected chi connectivity index (χ4v) is 1.34. The third-order valence-corrected chi connectivity index (χ3v) is 2.06. The highest BCUT2D eigenvalue weighted by atomic mass is 19.4. The third kappa shape index (κ3) is 3.92. The zero-order valence-corrected chi connectivity index (χ0v) is 8.71. The van der Waals surface area contributed by atoms with Crippen LogP contribution in [-0.2, 0) is 11.2 Å². The zero-order valence-electron chi connectivity index (χ0n) is 8.71. The Hall–Kier alpha value is -1.52. The summed E-state index contributed by atoms with van der Waals surface area (Å²) in [6, 6.07) is 6.42. The maximum Gasteiger partial charge on any atom is 0.408 e. The normalized spacial score (nSPS) is 13.2. The van der Waals surface area contributed by atoms with Crippen molar-refractivity contribution in [1.29, 1.82) is 0 Å². The minimum Gasteiger partial charge on any atom is -0.344 e. The molecule has 0 heterocycles. The number of hydrogen-bond donors (Lipinski definition) is 1. The number of rotatable bonds is 3. The first-order valence-electron chi connectivity index (χ1n) is 4.77. The molecule has 1 N–H and O–H groups in total. The predicted octanol–water partition coefficient (Wildman–Crippen LogP) is 2.30. The van der Waals surface area contributed by atoms with Crippen molar-refractivity contribution in [2.45, 2.75) is 25.6 Å². The van der Waals surface area contributed by atoms with Crippen molar-refractivity contribution < 1.29 is 18.0 Å². The standard InChI is InChI=1S/C11H12F3NO/c1-8(16)15-10(11(12,13)14)7-9-5-3-2-4-6-9/h2-6,10H,7H2,1H3,(H,15,16)/t10-/m0/s1. The van der Waals surface area contributed by atoms with Gasteiger partial charge in [-0.05, 0) is 5.56 Å². The molecule has 0 fully saturated rings. The number of amides is 1. The van der Waals surface area contributed by atoms with Crippen molar-refractivity contribution in [1.82, 2.24) is 5.32 Å². The molecular weight excluding hydrogens is 219 g/mol. The monoisotopic (exact) mass is 231 g/mol. The number of benzene rings is 1. The van der Waals surface area contributed by atoms with Crippen LogP contribution in [0, 0.1) is 0 Å². The highest BCUT2D eigenvalue weighted by Crippen LogP contribution is 2.23. The van der Waals surface area contributed by atoms with Gasteiger partial charge in [0.25, 0.3) is 0 Å². The molecule has 1 aromatic carbocycles. The van der Waals surface area contributed by atoms with Crippen LogP contribution in [-0.4, -0.2) is 18.1 Å². The molecule has 1 aromatic rings. The number of halogens is 3. The van der Waals surface area contributed by atoms with Crippen LogP contribution in [0.1, 0.15) is 12.5 Å². The van der Waals surface area contributed by atoms with E-state index in [9.17, 15) is 18.0 Å². The van der Waals surface area contributed by atoms with Gasteiger partial charge < -0.3 is 5.32 Å². The first kappa shape index (κ1) is 12.5. The Morgan fingerprint density at radius 1 is 1.31 bits per heavy atom. The summed E-state index contributed by atoms with van der Waals surface area (Å²) in [6.07, 6.45) is -4.68. The van der Waals surface area contributed by atoms with Gasteiger partial charge in [-0.15, -0.1) is 0 Å². The largest absolute Gasteiger partial charge is 0.408 e. The van der Waals surface area contributed by atoms with Crippen LogP contribution >= 0.6 is 0 Å². The molecule has 2 nitrogen and oxygen atoms in total. The first-order valence-corrected chi connectivity index (χ1v) is 4.77. The Bertz CT molecular complexity index is 348. The summed E-state index contributed by atoms with van der Waals surface area (Å²) >= 11 is 0. The molecule has 1 amide bonds. The SMILES string of the molecule is CC(=O)N[C@@H](Cc1ccccc1)C(F)(F)F. The molecule has 0 radical (unpaired) electrons. The van der Waals surface area contributed by atoms with Crippen molar-refractivity contribution in [3.8, 4) is 0 Å². The minimum absolute atomic E-state index is 0.246. The maximum absolute atomic E-state index is 12.6. The molecule has 0 aromatic heterocycles. The van der Waals surface area contributed by atoms with E-state index in [4.69, 9.17) is 0 Å². The van der Waals surface area contributed by atoms with Crippen LogP contribution in [0.2, 0.25) is 0 Å². The van der Waals surface area contributed by atoms with E-state index in [1.165, 1.54) is 0 Å². The molecule has 0 aliphatic carbocycles. The van der Waals surface area contributed by atoms with E-state index < -0.39 is 18.1 Å². The first-order chi connectivity index (χ1) is 7.39. The number of carbonyl (C=O) groups is 1. The molecule has 0 spiro atoms. The van der Waals surface area contributed by atoms with E-state index in [1.807, 2.05) is 5.32 Å². The van der Waals surface area contributed by atoms with Crippen LogP contribution in [0.25, 0.3) is 0 Å². The van der Waals surface area contributed by atoms with Crippen LogP contribution in [0.15, 0.2) is 30.3 Å². The number of nitrogens with one attached hydrogen (secondary N) is 1. The molecule has 0 saturated carbocycles. The summed E-state index contributed by atoms with van der Waals surface area (Å²) in [5, 5.41) is 1.90. The van der Waals surface area contributed by atoms with Gasteiger partial charge in [0.15, 0.2) is 0 Å². The summed E-state index contributed by atoms with van der Waals surface area (Å²) in [5.74, 6) is -0.682. The van der Waals surface area contributed by atoms with Gasteiger partial charge >= 0.3 is 6.18 Å². The summed E-state index contributed by atoms with van der Waals surface area (Å²) in [7, 11) is 0. The summed E-state index contributed by atoms with van der Waals surface area (Å²) in [6.45, 7) is 1.07. The fraction of sp³-hybridized carbons (Fsp3) is 0.364. The third-order valence-electron chi connectivity index (χ3n) is 2.06. The second kappa shape index (κ2) is 5.01. The Morgan fingerprint density at radius 3 is 2.31 bits per heavy atom. The van der Waals surface area contributed by atoms with Gasteiger partial charge in [0.1, 0.15) is 6.04 Å². The van der Waals surface area contributed by atoms with E-state index in [1.54, 1.807) is 30.3 Å². The van der Waals surface area contributed by atoms with Gasteiger partial charge in [0.2, 0.25) is 5.91 Å². The molecule has 16 heavy (non-hydrogen) atoms. The molecule has 1 rings (SSSR count). The molecule has 0 unspecified atom stereocenters. The Balaban J connectivity index is 2.75. The lowest BCUT2D eigenvalue weighted by molar-refractivity contribution is -0.160. The van der Waals surface area contributed by atoms with Gasteiger partial charge in [-0.1, -0.05) is 30.3 Å². The molecular formula is C11H12F3NO. The molecule has 5 heteroatoms. The van der Waals surface area contributed by atoms with Crippen molar-refractivity contribution in [3.05, 3.63) is 35.9 Å². The lowest BCUT2D eigenvalue weighted by atomic mass is 10.1. The van der Waals surface area contributed by atoms with Crippen molar-refractivity contribution in [2.75, 3.05) is 0 Å². The van der Waals surface area contributed by atoms with E-state index in [2.05, 4.69) is 0 Å². The van der Waals surface area contributed by atoms with Crippen LogP contribution in [0.5, 0.6) is 0 Å². The van der Waals surface area contributed by atoms with Crippen LogP contribution in [0.4, 0.5) is 13.2 Å². The molecule has 0 aliphatic heterocycles. The smallest absolute Gasteiger partial charge is 0.344 e. The number of alkyl halides is 3. The van der Waals surface area contributed by atoms with Crippen molar-refractivity contribution >= 4 is 5.91 Å². The Morgan fingerprint density at radius 2 is 1.88 bits per heavy atom. The molecule has 1 atom stereocenters. The Kier molecular flexibility index (Phi) is 3.93. The topological polar surface area (TPSA) is 29.1 Å². The van der Waals surface area contributed by atoms with Gasteiger partial charge in [-0.3, -0.25) is 4.79 Å². The van der Waals surface area contributed by atoms with Gasteiger partial charge in [0.05, 0.1) is 0 Å². The van der Waals surface area contributed by atoms with Crippen LogP contribution < -0.4 is 5.32 Å². The van der Waals surface area contributed by atoms with Gasteiger partial charge in [0, 0.05) is 13.3 Å². The second-order valence-electron chi connectivity index (χ2n) is 3.48. The van der Waals surface area contributed by atoms with Crippen molar-refractivity contribution in [2.24, 2.45) is 0 Å². The Labute approximate surface area is 91.5 Å². The van der Waals surface area contributed by atoms with Crippen LogP contribution in [0.3, 0.4) is 0 Å². The summed E-state index contributed by atoms with van der Waals surface area (Å²) in [5.41, 5.74) is 0.540. The second-order valence-corrected chi connectivity index (χ2v) is 3.48. The van der Waals surface area contributed by atoms with Gasteiger partial charge in [-0.25, -0.2) is 0 Å². The maximum atomic E-state index is 12.6. The quantitative estimate of drug-likeness (QED) is 0.849. The number of hydrogen-bond acceptors (Lipinski definition) is 1. The highest BCUT2D eigenvalue weighted by molar-refractivity contribution is 5.73. The highest BCUT2D eigenvalue weighted by Gasteiger charge is 2.39. The van der Waals surface area contributed by atoms with E-state index >= 15 is 0 Å². The van der Waals surface area contributed by atoms with E-state index in [0.717, 1.165) is 6.92 Å². The molecule has 0 aliphatic rings. The average molecular weight is 231 g/mol. The predicted molar refractivity (Wildman–Crippen MR) is 53.8 cm³/mol. The average Bonchev–Trinajstić information content (AvgIpc) is 2.16. The van der Waals surface area contributed by atoms with Crippen molar-refractivity contribution in [3.63, 3.8) is 0 Å². The lowest BCUT2D eigenvalue weighted by Crippen LogP contribution is -2.45. The lowest BCUT2D eigenvalue weighted by Gasteiger charge is -2.20. The van der Waals surface area contributed by atoms with Gasteiger partial charge in [-0.2, -0.15) is 13.2 Å². The minimum atomic E-state index is -4.43. The molecule has 88 valence electrons. The fourth-order valence-electron chi connectivity index (χ4n) is 1.34. The molecule has 0 saturated heterocycles. The molecule has 0 bridgehead atoms. The summed E-state index contributed by atoms with van der Waals surface area (Å²) in [4.78, 5) is 10.7. The number of carbonyl (C=O) groups excluding carboxylic acids is 1.